The number of hydrogen-bond donors (Lipinski definition) is 2. The summed E-state index contributed by atoms with van der Waals surface area (Å²) in [5.74, 6) is 0.269. The van der Waals surface area contributed by atoms with Crippen LogP contribution < -0.4 is 10.6 Å². The minimum atomic E-state index is -0.0993. The zero-order valence-electron chi connectivity index (χ0n) is 16.1. The summed E-state index contributed by atoms with van der Waals surface area (Å²) in [4.78, 5) is 28.7. The molecule has 2 aliphatic carbocycles. The molecule has 0 radical (unpaired) electrons. The fourth-order valence-electron chi connectivity index (χ4n) is 3.80. The van der Waals surface area contributed by atoms with Crippen LogP contribution in [-0.4, -0.2) is 73.0 Å². The van der Waals surface area contributed by atoms with Crippen molar-refractivity contribution in [3.8, 4) is 0 Å². The van der Waals surface area contributed by atoms with Crippen molar-refractivity contribution >= 4 is 11.8 Å². The summed E-state index contributed by atoms with van der Waals surface area (Å²) < 4.78 is 0. The Hall–Kier alpha value is -1.40. The quantitative estimate of drug-likeness (QED) is 0.639. The van der Waals surface area contributed by atoms with E-state index >= 15 is 0 Å². The maximum atomic E-state index is 12.4. The van der Waals surface area contributed by atoms with Gasteiger partial charge >= 0.3 is 0 Å². The Bertz CT molecular complexity index is 522. The molecule has 0 aromatic rings. The SMILES string of the molecule is C[C@@H](C(=O)NCCC1=CCCCC1)N1CCN(CC(=O)NC2CC2)CC1. The smallest absolute Gasteiger partial charge is 0.237 e. The van der Waals surface area contributed by atoms with Crippen molar-refractivity contribution in [2.45, 2.75) is 64.0 Å². The lowest BCUT2D eigenvalue weighted by Gasteiger charge is -2.37. The summed E-state index contributed by atoms with van der Waals surface area (Å²) in [5.41, 5.74) is 1.50. The number of nitrogens with zero attached hydrogens (tertiary/aromatic N) is 2. The fourth-order valence-corrected chi connectivity index (χ4v) is 3.80. The maximum Gasteiger partial charge on any atom is 0.237 e. The van der Waals surface area contributed by atoms with E-state index in [9.17, 15) is 9.59 Å². The normalized spacial score (nSPS) is 23.2. The van der Waals surface area contributed by atoms with E-state index in [1.807, 2.05) is 6.92 Å². The molecule has 3 aliphatic rings. The molecule has 6 nitrogen and oxygen atoms in total. The molecule has 2 fully saturated rings. The lowest BCUT2D eigenvalue weighted by atomic mass is 9.97. The average molecular weight is 363 g/mol. The molecule has 0 bridgehead atoms. The van der Waals surface area contributed by atoms with Crippen LogP contribution >= 0.6 is 0 Å². The third kappa shape index (κ3) is 6.09. The van der Waals surface area contributed by atoms with E-state index in [1.165, 1.54) is 31.3 Å². The van der Waals surface area contributed by atoms with Gasteiger partial charge in [0.1, 0.15) is 0 Å². The monoisotopic (exact) mass is 362 g/mol. The average Bonchev–Trinajstić information content (AvgIpc) is 3.46. The third-order valence-electron chi connectivity index (χ3n) is 5.77. The van der Waals surface area contributed by atoms with Crippen LogP contribution in [0.2, 0.25) is 0 Å². The highest BCUT2D eigenvalue weighted by molar-refractivity contribution is 5.81. The Labute approximate surface area is 157 Å². The Morgan fingerprint density at radius 3 is 2.62 bits per heavy atom. The molecule has 2 N–H and O–H groups in total. The van der Waals surface area contributed by atoms with Gasteiger partial charge in [0, 0.05) is 38.8 Å². The largest absolute Gasteiger partial charge is 0.354 e. The molecule has 2 amide bonds. The Morgan fingerprint density at radius 1 is 1.19 bits per heavy atom. The highest BCUT2D eigenvalue weighted by Gasteiger charge is 2.28. The number of piperazine rings is 1. The van der Waals surface area contributed by atoms with Crippen LogP contribution in [0.1, 0.15) is 51.9 Å². The zero-order valence-corrected chi connectivity index (χ0v) is 16.1. The van der Waals surface area contributed by atoms with Crippen LogP contribution in [0.15, 0.2) is 11.6 Å². The minimum absolute atomic E-state index is 0.0993. The maximum absolute atomic E-state index is 12.4. The van der Waals surface area contributed by atoms with Crippen molar-refractivity contribution in [3.63, 3.8) is 0 Å². The second kappa shape index (κ2) is 9.51. The van der Waals surface area contributed by atoms with Crippen LogP contribution in [0, 0.1) is 0 Å². The van der Waals surface area contributed by atoms with Gasteiger partial charge in [-0.25, -0.2) is 0 Å². The van der Waals surface area contributed by atoms with Crippen LogP contribution in [-0.2, 0) is 9.59 Å². The summed E-state index contributed by atoms with van der Waals surface area (Å²) in [6, 6.07) is 0.328. The van der Waals surface area contributed by atoms with Gasteiger partial charge in [0.15, 0.2) is 0 Å². The number of rotatable bonds is 8. The summed E-state index contributed by atoms with van der Waals surface area (Å²) in [6.07, 6.45) is 10.6. The number of amides is 2. The Morgan fingerprint density at radius 2 is 1.96 bits per heavy atom. The van der Waals surface area contributed by atoms with Gasteiger partial charge in [-0.15, -0.1) is 0 Å². The molecule has 1 atom stereocenters. The summed E-state index contributed by atoms with van der Waals surface area (Å²) in [6.45, 7) is 6.61. The zero-order chi connectivity index (χ0) is 18.4. The van der Waals surface area contributed by atoms with Gasteiger partial charge in [-0.1, -0.05) is 11.6 Å². The molecule has 3 rings (SSSR count). The van der Waals surface area contributed by atoms with Crippen LogP contribution in [0.3, 0.4) is 0 Å². The molecule has 1 aliphatic heterocycles. The van der Waals surface area contributed by atoms with E-state index in [1.54, 1.807) is 0 Å². The topological polar surface area (TPSA) is 64.7 Å². The van der Waals surface area contributed by atoms with Crippen LogP contribution in [0.5, 0.6) is 0 Å². The van der Waals surface area contributed by atoms with E-state index in [4.69, 9.17) is 0 Å². The molecular weight excluding hydrogens is 328 g/mol. The van der Waals surface area contributed by atoms with Crippen LogP contribution in [0.4, 0.5) is 0 Å². The van der Waals surface area contributed by atoms with Crippen molar-refractivity contribution in [2.75, 3.05) is 39.3 Å². The first-order chi connectivity index (χ1) is 12.6. The molecule has 146 valence electrons. The van der Waals surface area contributed by atoms with Crippen molar-refractivity contribution < 1.29 is 9.59 Å². The van der Waals surface area contributed by atoms with Crippen molar-refractivity contribution in [3.05, 3.63) is 11.6 Å². The number of carbonyl (C=O) groups excluding carboxylic acids is 2. The molecular formula is C20H34N4O2. The Balaban J connectivity index is 1.31. The van der Waals surface area contributed by atoms with Gasteiger partial charge in [0.25, 0.3) is 0 Å². The van der Waals surface area contributed by atoms with Gasteiger partial charge < -0.3 is 10.6 Å². The first-order valence-electron chi connectivity index (χ1n) is 10.3. The second-order valence-electron chi connectivity index (χ2n) is 7.98. The predicted octanol–water partition coefficient (Wildman–Crippen LogP) is 1.28. The van der Waals surface area contributed by atoms with E-state index in [2.05, 4.69) is 26.5 Å². The standard InChI is InChI=1S/C20H34N4O2/c1-16(20(26)21-10-9-17-5-3-2-4-6-17)24-13-11-23(12-14-24)15-19(25)22-18-7-8-18/h5,16,18H,2-4,6-15H2,1H3,(H,21,26)(H,22,25)/t16-/m0/s1. The van der Waals surface area contributed by atoms with E-state index in [0.29, 0.717) is 12.6 Å². The molecule has 0 spiro atoms. The van der Waals surface area contributed by atoms with Gasteiger partial charge in [0.2, 0.25) is 11.8 Å². The molecule has 6 heteroatoms. The number of hydrogen-bond acceptors (Lipinski definition) is 4. The number of nitrogens with one attached hydrogen (secondary N) is 2. The first-order valence-corrected chi connectivity index (χ1v) is 10.3. The lowest BCUT2D eigenvalue weighted by Crippen LogP contribution is -2.55. The van der Waals surface area contributed by atoms with E-state index < -0.39 is 0 Å². The Kier molecular flexibility index (Phi) is 7.08. The number of carbonyl (C=O) groups is 2. The van der Waals surface area contributed by atoms with E-state index in [-0.39, 0.29) is 17.9 Å². The lowest BCUT2D eigenvalue weighted by molar-refractivity contribution is -0.127. The second-order valence-corrected chi connectivity index (χ2v) is 7.98. The summed E-state index contributed by atoms with van der Waals surface area (Å²) in [5, 5.41) is 6.14. The highest BCUT2D eigenvalue weighted by Crippen LogP contribution is 2.19. The fraction of sp³-hybridized carbons (Fsp3) is 0.800. The molecule has 1 saturated heterocycles. The molecule has 0 aromatic carbocycles. The van der Waals surface area contributed by atoms with Gasteiger partial charge in [-0.05, 0) is 51.9 Å². The van der Waals surface area contributed by atoms with Gasteiger partial charge in [-0.2, -0.15) is 0 Å². The number of allylic oxidation sites excluding steroid dienone is 1. The van der Waals surface area contributed by atoms with Crippen molar-refractivity contribution in [2.24, 2.45) is 0 Å². The predicted molar refractivity (Wildman–Crippen MR) is 103 cm³/mol. The van der Waals surface area contributed by atoms with Gasteiger partial charge in [-0.3, -0.25) is 19.4 Å². The molecule has 1 heterocycles. The molecule has 1 saturated carbocycles. The minimum Gasteiger partial charge on any atom is -0.354 e. The summed E-state index contributed by atoms with van der Waals surface area (Å²) in [7, 11) is 0. The summed E-state index contributed by atoms with van der Waals surface area (Å²) >= 11 is 0. The van der Waals surface area contributed by atoms with Crippen LogP contribution in [0.25, 0.3) is 0 Å². The van der Waals surface area contributed by atoms with Crippen molar-refractivity contribution in [1.82, 2.24) is 20.4 Å². The molecule has 0 aromatic heterocycles. The third-order valence-corrected chi connectivity index (χ3v) is 5.77. The van der Waals surface area contributed by atoms with E-state index in [0.717, 1.165) is 52.0 Å². The molecule has 0 unspecified atom stereocenters. The van der Waals surface area contributed by atoms with Crippen molar-refractivity contribution in [1.29, 1.82) is 0 Å². The van der Waals surface area contributed by atoms with Gasteiger partial charge in [0.05, 0.1) is 12.6 Å². The highest BCUT2D eigenvalue weighted by atomic mass is 16.2. The molecule has 26 heavy (non-hydrogen) atoms. The first kappa shape index (κ1) is 19.4.